The summed E-state index contributed by atoms with van der Waals surface area (Å²) in [7, 11) is 0. The molecule has 0 aromatic heterocycles. The average molecular weight is 214 g/mol. The number of amides is 1. The molecule has 1 fully saturated rings. The maximum atomic E-state index is 11.8. The molecule has 1 rings (SSSR count). The van der Waals surface area contributed by atoms with Crippen molar-refractivity contribution in [3.05, 3.63) is 0 Å². The Morgan fingerprint density at radius 2 is 2.00 bits per heavy atom. The van der Waals surface area contributed by atoms with Crippen LogP contribution in [0.25, 0.3) is 0 Å². The molecule has 0 saturated carbocycles. The summed E-state index contributed by atoms with van der Waals surface area (Å²) in [4.78, 5) is 13.6. The van der Waals surface area contributed by atoms with Gasteiger partial charge in [-0.3, -0.25) is 4.79 Å². The van der Waals surface area contributed by atoms with Gasteiger partial charge in [0.25, 0.3) is 0 Å². The molecule has 0 atom stereocenters. The van der Waals surface area contributed by atoms with Gasteiger partial charge in [0.05, 0.1) is 19.8 Å². The molecule has 1 aliphatic heterocycles. The van der Waals surface area contributed by atoms with Crippen LogP contribution in [0.4, 0.5) is 0 Å². The van der Waals surface area contributed by atoms with Crippen molar-refractivity contribution in [2.75, 3.05) is 32.8 Å². The van der Waals surface area contributed by atoms with Crippen molar-refractivity contribution in [2.24, 2.45) is 0 Å². The smallest absolute Gasteiger partial charge is 0.236 e. The molecular formula is C11H22N2O2. The second-order valence-corrected chi connectivity index (χ2v) is 4.58. The van der Waals surface area contributed by atoms with E-state index in [0.717, 1.165) is 19.5 Å². The number of morpholine rings is 1. The number of carbonyl (C=O) groups is 1. The molecule has 1 amide bonds. The quantitative estimate of drug-likeness (QED) is 0.746. The minimum Gasteiger partial charge on any atom is -0.378 e. The van der Waals surface area contributed by atoms with Crippen LogP contribution in [0.5, 0.6) is 0 Å². The molecule has 0 aliphatic carbocycles. The molecule has 0 unspecified atom stereocenters. The van der Waals surface area contributed by atoms with Gasteiger partial charge in [0.15, 0.2) is 0 Å². The Morgan fingerprint density at radius 3 is 2.53 bits per heavy atom. The summed E-state index contributed by atoms with van der Waals surface area (Å²) in [5.41, 5.74) is 0.0436. The Kier molecular flexibility index (Phi) is 4.54. The van der Waals surface area contributed by atoms with Gasteiger partial charge in [-0.05, 0) is 20.3 Å². The average Bonchev–Trinajstić information content (AvgIpc) is 2.27. The van der Waals surface area contributed by atoms with E-state index < -0.39 is 0 Å². The van der Waals surface area contributed by atoms with E-state index in [4.69, 9.17) is 4.74 Å². The number of nitrogens with zero attached hydrogens (tertiary/aromatic N) is 1. The fourth-order valence-corrected chi connectivity index (χ4v) is 1.36. The zero-order valence-electron chi connectivity index (χ0n) is 10.0. The summed E-state index contributed by atoms with van der Waals surface area (Å²) in [6.45, 7) is 9.57. The predicted molar refractivity (Wildman–Crippen MR) is 59.8 cm³/mol. The summed E-state index contributed by atoms with van der Waals surface area (Å²) in [6.07, 6.45) is 1.02. The van der Waals surface area contributed by atoms with Gasteiger partial charge in [0.2, 0.25) is 5.91 Å². The van der Waals surface area contributed by atoms with Crippen LogP contribution < -0.4 is 5.32 Å². The number of carbonyl (C=O) groups excluding carboxylic acids is 1. The number of ether oxygens (including phenoxy) is 1. The lowest BCUT2D eigenvalue weighted by Crippen LogP contribution is -2.49. The van der Waals surface area contributed by atoms with E-state index in [1.807, 2.05) is 4.90 Å². The van der Waals surface area contributed by atoms with Crippen LogP contribution in [0, 0.1) is 0 Å². The molecule has 1 saturated heterocycles. The van der Waals surface area contributed by atoms with E-state index in [2.05, 4.69) is 26.1 Å². The fraction of sp³-hybridized carbons (Fsp3) is 0.909. The summed E-state index contributed by atoms with van der Waals surface area (Å²) in [5.74, 6) is 0.180. The van der Waals surface area contributed by atoms with Crippen molar-refractivity contribution in [3.8, 4) is 0 Å². The van der Waals surface area contributed by atoms with Crippen LogP contribution in [0.3, 0.4) is 0 Å². The van der Waals surface area contributed by atoms with E-state index in [1.54, 1.807) is 0 Å². The first kappa shape index (κ1) is 12.5. The number of hydrogen-bond donors (Lipinski definition) is 1. The summed E-state index contributed by atoms with van der Waals surface area (Å²) in [6, 6.07) is 0. The minimum atomic E-state index is 0.0436. The SMILES string of the molecule is CCC(C)(C)NCC(=O)N1CCOCC1. The Balaban J connectivity index is 2.28. The third kappa shape index (κ3) is 4.18. The molecule has 0 aromatic carbocycles. The Labute approximate surface area is 92.0 Å². The molecule has 4 heteroatoms. The number of nitrogens with one attached hydrogen (secondary N) is 1. The summed E-state index contributed by atoms with van der Waals surface area (Å²) in [5, 5.41) is 3.27. The van der Waals surface area contributed by atoms with E-state index in [9.17, 15) is 4.79 Å². The Morgan fingerprint density at radius 1 is 1.40 bits per heavy atom. The van der Waals surface area contributed by atoms with Gasteiger partial charge in [0, 0.05) is 18.6 Å². The van der Waals surface area contributed by atoms with Gasteiger partial charge in [-0.2, -0.15) is 0 Å². The van der Waals surface area contributed by atoms with Gasteiger partial charge in [-0.1, -0.05) is 6.92 Å². The lowest BCUT2D eigenvalue weighted by atomic mass is 10.0. The van der Waals surface area contributed by atoms with E-state index in [0.29, 0.717) is 19.8 Å². The normalized spacial score (nSPS) is 17.9. The molecule has 15 heavy (non-hydrogen) atoms. The maximum Gasteiger partial charge on any atom is 0.236 e. The van der Waals surface area contributed by atoms with Crippen molar-refractivity contribution in [3.63, 3.8) is 0 Å². The first-order chi connectivity index (χ1) is 7.05. The van der Waals surface area contributed by atoms with Gasteiger partial charge in [-0.15, -0.1) is 0 Å². The lowest BCUT2D eigenvalue weighted by Gasteiger charge is -2.30. The third-order valence-corrected chi connectivity index (χ3v) is 2.97. The predicted octanol–water partition coefficient (Wildman–Crippen LogP) is 0.623. The zero-order chi connectivity index (χ0) is 11.3. The topological polar surface area (TPSA) is 41.6 Å². The Hall–Kier alpha value is -0.610. The van der Waals surface area contributed by atoms with Crippen LogP contribution in [0.2, 0.25) is 0 Å². The summed E-state index contributed by atoms with van der Waals surface area (Å²) >= 11 is 0. The molecule has 0 aromatic rings. The highest BCUT2D eigenvalue weighted by atomic mass is 16.5. The molecule has 1 heterocycles. The van der Waals surface area contributed by atoms with Crippen LogP contribution in [0.15, 0.2) is 0 Å². The highest BCUT2D eigenvalue weighted by Crippen LogP contribution is 2.06. The lowest BCUT2D eigenvalue weighted by molar-refractivity contribution is -0.134. The monoisotopic (exact) mass is 214 g/mol. The van der Waals surface area contributed by atoms with E-state index in [-0.39, 0.29) is 11.4 Å². The van der Waals surface area contributed by atoms with Crippen LogP contribution in [-0.4, -0.2) is 49.2 Å². The van der Waals surface area contributed by atoms with Crippen molar-refractivity contribution in [1.82, 2.24) is 10.2 Å². The molecule has 1 N–H and O–H groups in total. The molecule has 4 nitrogen and oxygen atoms in total. The van der Waals surface area contributed by atoms with Gasteiger partial charge >= 0.3 is 0 Å². The minimum absolute atomic E-state index is 0.0436. The molecule has 0 radical (unpaired) electrons. The maximum absolute atomic E-state index is 11.8. The van der Waals surface area contributed by atoms with Gasteiger partial charge in [-0.25, -0.2) is 0 Å². The molecule has 0 spiro atoms. The first-order valence-corrected chi connectivity index (χ1v) is 5.66. The van der Waals surface area contributed by atoms with Crippen molar-refractivity contribution >= 4 is 5.91 Å². The largest absolute Gasteiger partial charge is 0.378 e. The standard InChI is InChI=1S/C11H22N2O2/c1-4-11(2,3)12-9-10(14)13-5-7-15-8-6-13/h12H,4-9H2,1-3H3. The van der Waals surface area contributed by atoms with Crippen LogP contribution in [0.1, 0.15) is 27.2 Å². The van der Waals surface area contributed by atoms with Crippen molar-refractivity contribution < 1.29 is 9.53 Å². The third-order valence-electron chi connectivity index (χ3n) is 2.97. The van der Waals surface area contributed by atoms with Gasteiger partial charge in [0.1, 0.15) is 0 Å². The van der Waals surface area contributed by atoms with E-state index in [1.165, 1.54) is 0 Å². The fourth-order valence-electron chi connectivity index (χ4n) is 1.36. The number of hydrogen-bond acceptors (Lipinski definition) is 3. The van der Waals surface area contributed by atoms with Crippen LogP contribution >= 0.6 is 0 Å². The highest BCUT2D eigenvalue weighted by molar-refractivity contribution is 5.78. The van der Waals surface area contributed by atoms with Crippen molar-refractivity contribution in [1.29, 1.82) is 0 Å². The number of rotatable bonds is 4. The summed E-state index contributed by atoms with van der Waals surface area (Å²) < 4.78 is 5.20. The second-order valence-electron chi connectivity index (χ2n) is 4.58. The first-order valence-electron chi connectivity index (χ1n) is 5.66. The Bertz CT molecular complexity index is 211. The van der Waals surface area contributed by atoms with E-state index >= 15 is 0 Å². The zero-order valence-corrected chi connectivity index (χ0v) is 10.0. The van der Waals surface area contributed by atoms with Crippen LogP contribution in [-0.2, 0) is 9.53 Å². The highest BCUT2D eigenvalue weighted by Gasteiger charge is 2.20. The second kappa shape index (κ2) is 5.47. The van der Waals surface area contributed by atoms with Crippen molar-refractivity contribution in [2.45, 2.75) is 32.7 Å². The molecule has 0 bridgehead atoms. The molecule has 1 aliphatic rings. The molecule has 88 valence electrons. The van der Waals surface area contributed by atoms with Gasteiger partial charge < -0.3 is 15.0 Å². The molecular weight excluding hydrogens is 192 g/mol.